The lowest BCUT2D eigenvalue weighted by molar-refractivity contribution is 0.187. The molecule has 122 valence electrons. The summed E-state index contributed by atoms with van der Waals surface area (Å²) in [5, 5.41) is 2.80. The van der Waals surface area contributed by atoms with Crippen molar-refractivity contribution >= 4 is 11.8 Å². The number of hydrogen-bond donors (Lipinski definition) is 1. The maximum Gasteiger partial charge on any atom is 0.411 e. The van der Waals surface area contributed by atoms with Crippen molar-refractivity contribution in [2.45, 2.75) is 33.8 Å². The van der Waals surface area contributed by atoms with Crippen LogP contribution in [0.4, 0.5) is 10.5 Å². The Balaban J connectivity index is 2.23. The molecule has 0 spiro atoms. The third-order valence-corrected chi connectivity index (χ3v) is 3.74. The summed E-state index contributed by atoms with van der Waals surface area (Å²) in [5.41, 5.74) is 5.05. The Hall–Kier alpha value is -2.49. The number of aryl methyl sites for hydroxylation is 3. The van der Waals surface area contributed by atoms with Gasteiger partial charge in [0.2, 0.25) is 0 Å². The highest BCUT2D eigenvalue weighted by Crippen LogP contribution is 2.25. The number of amides is 1. The molecule has 2 aromatic rings. The minimum atomic E-state index is -0.473. The van der Waals surface area contributed by atoms with Crippen LogP contribution in [-0.4, -0.2) is 13.2 Å². The van der Waals surface area contributed by atoms with Crippen LogP contribution in [0.25, 0.3) is 0 Å². The molecule has 1 amide bonds. The third-order valence-electron chi connectivity index (χ3n) is 3.74. The highest BCUT2D eigenvalue weighted by Gasteiger charge is 2.12. The molecule has 0 saturated carbocycles. The van der Waals surface area contributed by atoms with Crippen molar-refractivity contribution in [1.82, 2.24) is 0 Å². The zero-order valence-electron chi connectivity index (χ0n) is 14.1. The summed E-state index contributed by atoms with van der Waals surface area (Å²) in [6.07, 6.45) is 0.343. The number of carbonyl (C=O) groups is 1. The maximum absolute atomic E-state index is 11.6. The Morgan fingerprint density at radius 2 is 1.87 bits per heavy atom. The van der Waals surface area contributed by atoms with Crippen LogP contribution in [0.3, 0.4) is 0 Å². The number of rotatable bonds is 5. The molecule has 0 atom stereocenters. The van der Waals surface area contributed by atoms with E-state index < -0.39 is 6.09 Å². The van der Waals surface area contributed by atoms with Gasteiger partial charge in [-0.15, -0.1) is 0 Å². The summed E-state index contributed by atoms with van der Waals surface area (Å²) >= 11 is 0. The van der Waals surface area contributed by atoms with E-state index in [4.69, 9.17) is 9.47 Å². The topological polar surface area (TPSA) is 47.6 Å². The first-order valence-corrected chi connectivity index (χ1v) is 7.71. The Labute approximate surface area is 137 Å². The second-order valence-electron chi connectivity index (χ2n) is 5.48. The number of anilines is 1. The fraction of sp³-hybridized carbons (Fsp3) is 0.316. The van der Waals surface area contributed by atoms with Gasteiger partial charge in [-0.25, -0.2) is 4.79 Å². The zero-order valence-corrected chi connectivity index (χ0v) is 14.1. The van der Waals surface area contributed by atoms with Crippen molar-refractivity contribution in [1.29, 1.82) is 0 Å². The number of ether oxygens (including phenoxy) is 2. The van der Waals surface area contributed by atoms with Crippen LogP contribution in [0.5, 0.6) is 5.75 Å². The van der Waals surface area contributed by atoms with Gasteiger partial charge < -0.3 is 9.47 Å². The summed E-state index contributed by atoms with van der Waals surface area (Å²) in [7, 11) is 1.36. The molecule has 2 rings (SSSR count). The van der Waals surface area contributed by atoms with Crippen LogP contribution in [0.15, 0.2) is 36.4 Å². The fourth-order valence-corrected chi connectivity index (χ4v) is 2.50. The number of methoxy groups -OCH3 is 1. The molecule has 0 radical (unpaired) electrons. The van der Waals surface area contributed by atoms with Gasteiger partial charge in [-0.1, -0.05) is 42.8 Å². The largest absolute Gasteiger partial charge is 0.489 e. The van der Waals surface area contributed by atoms with E-state index in [2.05, 4.69) is 18.3 Å². The van der Waals surface area contributed by atoms with Crippen LogP contribution in [0.2, 0.25) is 0 Å². The van der Waals surface area contributed by atoms with Gasteiger partial charge in [0.1, 0.15) is 12.4 Å². The molecule has 4 heteroatoms. The molecule has 0 aliphatic rings. The first kappa shape index (κ1) is 16.9. The highest BCUT2D eigenvalue weighted by atomic mass is 16.5. The van der Waals surface area contributed by atoms with Crippen molar-refractivity contribution in [2.24, 2.45) is 0 Å². The fourth-order valence-electron chi connectivity index (χ4n) is 2.50. The summed E-state index contributed by atoms with van der Waals surface area (Å²) in [6, 6.07) is 12.0. The van der Waals surface area contributed by atoms with E-state index in [1.807, 2.05) is 44.2 Å². The summed E-state index contributed by atoms with van der Waals surface area (Å²) < 4.78 is 10.7. The van der Waals surface area contributed by atoms with Gasteiger partial charge in [0.15, 0.2) is 0 Å². The molecule has 0 bridgehead atoms. The molecule has 0 aromatic heterocycles. The van der Waals surface area contributed by atoms with Crippen LogP contribution in [0.1, 0.15) is 29.2 Å². The molecule has 0 unspecified atom stereocenters. The summed E-state index contributed by atoms with van der Waals surface area (Å²) in [4.78, 5) is 11.6. The van der Waals surface area contributed by atoms with E-state index in [1.54, 1.807) is 0 Å². The molecule has 2 aromatic carbocycles. The molecule has 4 nitrogen and oxygen atoms in total. The van der Waals surface area contributed by atoms with Crippen LogP contribution >= 0.6 is 0 Å². The molecular weight excluding hydrogens is 290 g/mol. The number of benzene rings is 2. The lowest BCUT2D eigenvalue weighted by Crippen LogP contribution is -2.15. The number of nitrogens with one attached hydrogen (secondary N) is 1. The number of para-hydroxylation sites is 1. The quantitative estimate of drug-likeness (QED) is 0.876. The Morgan fingerprint density at radius 1 is 1.13 bits per heavy atom. The van der Waals surface area contributed by atoms with E-state index in [-0.39, 0.29) is 0 Å². The monoisotopic (exact) mass is 313 g/mol. The SMILES string of the molecule is CCc1cccc(COc2ccc(C)cc2C)c1NC(=O)OC. The van der Waals surface area contributed by atoms with E-state index >= 15 is 0 Å². The molecule has 1 N–H and O–H groups in total. The lowest BCUT2D eigenvalue weighted by Gasteiger charge is -2.16. The van der Waals surface area contributed by atoms with E-state index in [9.17, 15) is 4.79 Å². The average molecular weight is 313 g/mol. The molecular formula is C19H23NO3. The van der Waals surface area contributed by atoms with Crippen molar-refractivity contribution in [2.75, 3.05) is 12.4 Å². The average Bonchev–Trinajstić information content (AvgIpc) is 2.54. The van der Waals surface area contributed by atoms with Crippen LogP contribution < -0.4 is 10.1 Å². The van der Waals surface area contributed by atoms with Gasteiger partial charge in [0.25, 0.3) is 0 Å². The predicted octanol–water partition coefficient (Wildman–Crippen LogP) is 4.62. The van der Waals surface area contributed by atoms with E-state index in [0.29, 0.717) is 6.61 Å². The molecule has 0 saturated heterocycles. The Bertz CT molecular complexity index is 695. The van der Waals surface area contributed by atoms with Crippen LogP contribution in [-0.2, 0) is 17.8 Å². The van der Waals surface area contributed by atoms with Gasteiger partial charge in [-0.2, -0.15) is 0 Å². The second kappa shape index (κ2) is 7.68. The maximum atomic E-state index is 11.6. The Morgan fingerprint density at radius 3 is 2.52 bits per heavy atom. The third kappa shape index (κ3) is 4.25. The van der Waals surface area contributed by atoms with E-state index in [0.717, 1.165) is 34.5 Å². The van der Waals surface area contributed by atoms with E-state index in [1.165, 1.54) is 12.7 Å². The number of hydrogen-bond acceptors (Lipinski definition) is 3. The zero-order chi connectivity index (χ0) is 16.8. The minimum Gasteiger partial charge on any atom is -0.489 e. The molecule has 0 heterocycles. The second-order valence-corrected chi connectivity index (χ2v) is 5.48. The van der Waals surface area contributed by atoms with Gasteiger partial charge in [-0.3, -0.25) is 5.32 Å². The molecule has 0 aliphatic carbocycles. The first-order chi connectivity index (χ1) is 11.0. The van der Waals surface area contributed by atoms with Crippen LogP contribution in [0, 0.1) is 13.8 Å². The number of carbonyl (C=O) groups excluding carboxylic acids is 1. The summed E-state index contributed by atoms with van der Waals surface area (Å²) in [5.74, 6) is 0.849. The van der Waals surface area contributed by atoms with Gasteiger partial charge in [0.05, 0.1) is 12.8 Å². The minimum absolute atomic E-state index is 0.386. The predicted molar refractivity (Wildman–Crippen MR) is 92.1 cm³/mol. The lowest BCUT2D eigenvalue weighted by atomic mass is 10.1. The summed E-state index contributed by atoms with van der Waals surface area (Å²) in [6.45, 7) is 6.52. The molecule has 0 fully saturated rings. The first-order valence-electron chi connectivity index (χ1n) is 7.71. The molecule has 23 heavy (non-hydrogen) atoms. The van der Waals surface area contributed by atoms with Crippen molar-refractivity contribution in [3.63, 3.8) is 0 Å². The van der Waals surface area contributed by atoms with Gasteiger partial charge in [-0.05, 0) is 37.5 Å². The highest BCUT2D eigenvalue weighted by molar-refractivity contribution is 5.86. The van der Waals surface area contributed by atoms with Gasteiger partial charge >= 0.3 is 6.09 Å². The van der Waals surface area contributed by atoms with Gasteiger partial charge in [0, 0.05) is 5.56 Å². The Kier molecular flexibility index (Phi) is 5.63. The molecule has 0 aliphatic heterocycles. The van der Waals surface area contributed by atoms with Crippen molar-refractivity contribution < 1.29 is 14.3 Å². The standard InChI is InChI=1S/C19H23NO3/c1-5-15-7-6-8-16(18(15)20-19(21)22-4)12-23-17-10-9-13(2)11-14(17)3/h6-11H,5,12H2,1-4H3,(H,20,21). The van der Waals surface area contributed by atoms with Crippen molar-refractivity contribution in [3.8, 4) is 5.75 Å². The smallest absolute Gasteiger partial charge is 0.411 e. The normalized spacial score (nSPS) is 10.3. The van der Waals surface area contributed by atoms with Crippen molar-refractivity contribution in [3.05, 3.63) is 58.7 Å².